The fourth-order valence-electron chi connectivity index (χ4n) is 4.40. The first-order valence-corrected chi connectivity index (χ1v) is 10.6. The number of hydrogen-bond acceptors (Lipinski definition) is 5. The van der Waals surface area contributed by atoms with Gasteiger partial charge >= 0.3 is 5.97 Å². The molecule has 1 aliphatic rings. The van der Waals surface area contributed by atoms with Crippen LogP contribution >= 0.6 is 11.6 Å². The second-order valence-electron chi connectivity index (χ2n) is 7.82. The highest BCUT2D eigenvalue weighted by atomic mass is 35.5. The number of H-pyrrole nitrogens is 1. The number of nitrogens with zero attached hydrogens (tertiary/aromatic N) is 4. The maximum Gasteiger partial charge on any atom is 0.325 e. The van der Waals surface area contributed by atoms with Crippen LogP contribution in [0.5, 0.6) is 0 Å². The first-order chi connectivity index (χ1) is 15.0. The summed E-state index contributed by atoms with van der Waals surface area (Å²) >= 11 is 6.08. The molecule has 0 radical (unpaired) electrons. The van der Waals surface area contributed by atoms with Crippen LogP contribution in [0, 0.1) is 6.92 Å². The Morgan fingerprint density at radius 1 is 1.10 bits per heavy atom. The molecule has 4 aromatic rings. The molecule has 2 N–H and O–H groups in total. The van der Waals surface area contributed by atoms with Gasteiger partial charge in [0.15, 0.2) is 5.82 Å². The minimum Gasteiger partial charge on any atom is -0.480 e. The van der Waals surface area contributed by atoms with Crippen molar-refractivity contribution in [2.45, 2.75) is 13.0 Å². The molecule has 2 aromatic carbocycles. The Balaban J connectivity index is 1.39. The Labute approximate surface area is 184 Å². The van der Waals surface area contributed by atoms with Gasteiger partial charge in [0.1, 0.15) is 6.04 Å². The molecule has 0 spiro atoms. The van der Waals surface area contributed by atoms with Crippen molar-refractivity contribution in [1.82, 2.24) is 19.9 Å². The highest BCUT2D eigenvalue weighted by molar-refractivity contribution is 6.31. The molecule has 7 nitrogen and oxygen atoms in total. The van der Waals surface area contributed by atoms with Gasteiger partial charge < -0.3 is 15.0 Å². The third-order valence-electron chi connectivity index (χ3n) is 5.90. The van der Waals surface area contributed by atoms with E-state index < -0.39 is 12.0 Å². The molecule has 1 aliphatic heterocycles. The highest BCUT2D eigenvalue weighted by Gasteiger charge is 2.32. The lowest BCUT2D eigenvalue weighted by molar-refractivity contribution is -0.143. The molecule has 1 saturated heterocycles. The SMILES string of the molecule is Cc1nc2ccccc2nc1N1CCN([C@@H](C(=O)O)c2c[nH]c3cc(Cl)ccc23)CC1. The van der Waals surface area contributed by atoms with Crippen molar-refractivity contribution in [3.63, 3.8) is 0 Å². The zero-order valence-corrected chi connectivity index (χ0v) is 17.8. The molecule has 158 valence electrons. The van der Waals surface area contributed by atoms with Gasteiger partial charge in [0.05, 0.1) is 16.7 Å². The van der Waals surface area contributed by atoms with Crippen LogP contribution in [0.4, 0.5) is 5.82 Å². The van der Waals surface area contributed by atoms with Gasteiger partial charge in [-0.2, -0.15) is 0 Å². The zero-order chi connectivity index (χ0) is 21.5. The number of hydrogen-bond donors (Lipinski definition) is 2. The molecule has 5 rings (SSSR count). The number of para-hydroxylation sites is 2. The van der Waals surface area contributed by atoms with Crippen LogP contribution in [-0.2, 0) is 4.79 Å². The van der Waals surface area contributed by atoms with Crippen molar-refractivity contribution in [2.24, 2.45) is 0 Å². The van der Waals surface area contributed by atoms with Gasteiger partial charge in [0.2, 0.25) is 0 Å². The number of aliphatic carboxylic acids is 1. The van der Waals surface area contributed by atoms with E-state index in [1.807, 2.05) is 48.2 Å². The number of carbonyl (C=O) groups is 1. The van der Waals surface area contributed by atoms with Crippen LogP contribution < -0.4 is 4.90 Å². The number of nitrogens with one attached hydrogen (secondary N) is 1. The summed E-state index contributed by atoms with van der Waals surface area (Å²) in [6.07, 6.45) is 1.78. The maximum atomic E-state index is 12.2. The van der Waals surface area contributed by atoms with Gasteiger partial charge in [0.25, 0.3) is 0 Å². The van der Waals surface area contributed by atoms with Crippen molar-refractivity contribution in [3.8, 4) is 0 Å². The molecule has 31 heavy (non-hydrogen) atoms. The van der Waals surface area contributed by atoms with Gasteiger partial charge in [-0.1, -0.05) is 29.8 Å². The number of piperazine rings is 1. The van der Waals surface area contributed by atoms with E-state index in [1.54, 1.807) is 12.3 Å². The third kappa shape index (κ3) is 3.60. The van der Waals surface area contributed by atoms with Crippen LogP contribution in [0.15, 0.2) is 48.7 Å². The number of benzene rings is 2. The van der Waals surface area contributed by atoms with Gasteiger partial charge in [0, 0.05) is 53.9 Å². The van der Waals surface area contributed by atoms with Crippen molar-refractivity contribution in [3.05, 3.63) is 64.9 Å². The fraction of sp³-hybridized carbons (Fsp3) is 0.261. The second-order valence-corrected chi connectivity index (χ2v) is 8.26. The molecule has 8 heteroatoms. The fourth-order valence-corrected chi connectivity index (χ4v) is 4.58. The number of carboxylic acid groups (broad SMARTS) is 1. The molecule has 1 fully saturated rings. The topological polar surface area (TPSA) is 85.3 Å². The van der Waals surface area contributed by atoms with Crippen molar-refractivity contribution >= 4 is 45.3 Å². The summed E-state index contributed by atoms with van der Waals surface area (Å²) in [5, 5.41) is 11.5. The van der Waals surface area contributed by atoms with Crippen molar-refractivity contribution < 1.29 is 9.90 Å². The summed E-state index contributed by atoms with van der Waals surface area (Å²) in [5.74, 6) is 0.0120. The number of fused-ring (bicyclic) bond motifs is 2. The van der Waals surface area contributed by atoms with Crippen LogP contribution in [0.25, 0.3) is 21.9 Å². The minimum absolute atomic E-state index is 0.616. The number of aromatic amines is 1. The number of halogens is 1. The lowest BCUT2D eigenvalue weighted by Crippen LogP contribution is -2.49. The average molecular weight is 436 g/mol. The van der Waals surface area contributed by atoms with E-state index in [0.29, 0.717) is 31.2 Å². The Morgan fingerprint density at radius 3 is 2.52 bits per heavy atom. The summed E-state index contributed by atoms with van der Waals surface area (Å²) in [6.45, 7) is 4.58. The van der Waals surface area contributed by atoms with Crippen LogP contribution in [0.3, 0.4) is 0 Å². The second kappa shape index (κ2) is 7.83. The van der Waals surface area contributed by atoms with Gasteiger partial charge in [-0.3, -0.25) is 9.69 Å². The summed E-state index contributed by atoms with van der Waals surface area (Å²) < 4.78 is 0. The number of carboxylic acids is 1. The number of aryl methyl sites for hydroxylation is 1. The smallest absolute Gasteiger partial charge is 0.325 e. The normalized spacial score (nSPS) is 16.1. The minimum atomic E-state index is -0.856. The number of anilines is 1. The first-order valence-electron chi connectivity index (χ1n) is 10.2. The predicted molar refractivity (Wildman–Crippen MR) is 122 cm³/mol. The van der Waals surface area contributed by atoms with Gasteiger partial charge in [-0.25, -0.2) is 9.97 Å². The number of aromatic nitrogens is 3. The standard InChI is InChI=1S/C23H22ClN5O2/c1-14-22(27-19-5-3-2-4-18(19)26-14)29-10-8-28(9-11-29)21(23(30)31)17-13-25-20-12-15(24)6-7-16(17)20/h2-7,12-13,21,25H,8-11H2,1H3,(H,30,31)/t21-/m1/s1. The summed E-state index contributed by atoms with van der Waals surface area (Å²) in [4.78, 5) is 29.1. The largest absolute Gasteiger partial charge is 0.480 e. The molecule has 1 atom stereocenters. The Morgan fingerprint density at radius 2 is 1.81 bits per heavy atom. The van der Waals surface area contributed by atoms with Crippen molar-refractivity contribution in [1.29, 1.82) is 0 Å². The van der Waals surface area contributed by atoms with E-state index in [4.69, 9.17) is 16.6 Å². The molecular weight excluding hydrogens is 414 g/mol. The Hall–Kier alpha value is -3.16. The third-order valence-corrected chi connectivity index (χ3v) is 6.14. The van der Waals surface area contributed by atoms with E-state index >= 15 is 0 Å². The van der Waals surface area contributed by atoms with Crippen molar-refractivity contribution in [2.75, 3.05) is 31.1 Å². The molecule has 0 unspecified atom stereocenters. The maximum absolute atomic E-state index is 12.2. The Bertz CT molecular complexity index is 1280. The van der Waals surface area contributed by atoms with Crippen LogP contribution in [0.2, 0.25) is 5.02 Å². The van der Waals surface area contributed by atoms with E-state index in [-0.39, 0.29) is 0 Å². The quantitative estimate of drug-likeness (QED) is 0.503. The molecule has 0 bridgehead atoms. The summed E-state index contributed by atoms with van der Waals surface area (Å²) in [6, 6.07) is 12.6. The molecule has 0 amide bonds. The van der Waals surface area contributed by atoms with Gasteiger partial charge in [-0.15, -0.1) is 0 Å². The monoisotopic (exact) mass is 435 g/mol. The van der Waals surface area contributed by atoms with E-state index in [2.05, 4.69) is 14.9 Å². The predicted octanol–water partition coefficient (Wildman–Crippen LogP) is 4.02. The van der Waals surface area contributed by atoms with E-state index in [0.717, 1.165) is 39.0 Å². The average Bonchev–Trinajstić information content (AvgIpc) is 3.16. The zero-order valence-electron chi connectivity index (χ0n) is 17.0. The first kappa shape index (κ1) is 19.8. The molecule has 2 aromatic heterocycles. The molecular formula is C23H22ClN5O2. The summed E-state index contributed by atoms with van der Waals surface area (Å²) in [5.41, 5.74) is 4.23. The Kier molecular flexibility index (Phi) is 5.00. The molecule has 3 heterocycles. The molecule has 0 aliphatic carbocycles. The van der Waals surface area contributed by atoms with Gasteiger partial charge in [-0.05, 0) is 31.2 Å². The lowest BCUT2D eigenvalue weighted by Gasteiger charge is -2.38. The van der Waals surface area contributed by atoms with Crippen LogP contribution in [-0.4, -0.2) is 57.1 Å². The summed E-state index contributed by atoms with van der Waals surface area (Å²) in [7, 11) is 0. The number of rotatable bonds is 4. The van der Waals surface area contributed by atoms with Crippen LogP contribution in [0.1, 0.15) is 17.3 Å². The molecule has 0 saturated carbocycles. The van der Waals surface area contributed by atoms with E-state index in [9.17, 15) is 9.90 Å². The van der Waals surface area contributed by atoms with E-state index in [1.165, 1.54) is 0 Å². The lowest BCUT2D eigenvalue weighted by atomic mass is 10.0. The highest BCUT2D eigenvalue weighted by Crippen LogP contribution is 2.31.